The molecule has 0 spiro atoms. The summed E-state index contributed by atoms with van der Waals surface area (Å²) in [4.78, 5) is 13.5. The molecule has 5 nitrogen and oxygen atoms in total. The average molecular weight is 398 g/mol. The number of hydrogen-bond acceptors (Lipinski definition) is 3. The van der Waals surface area contributed by atoms with E-state index in [0.29, 0.717) is 25.9 Å². The molecule has 1 aromatic rings. The molecule has 0 radical (unpaired) electrons. The van der Waals surface area contributed by atoms with Gasteiger partial charge in [-0.1, -0.05) is 0 Å². The van der Waals surface area contributed by atoms with Gasteiger partial charge in [-0.15, -0.1) is 0 Å². The molecule has 1 amide bonds. The Bertz CT molecular complexity index is 573. The normalized spacial score (nSPS) is 17.4. The quantitative estimate of drug-likeness (QED) is 0.711. The second-order valence-electron chi connectivity index (χ2n) is 6.50. The maximum absolute atomic E-state index is 12.8. The summed E-state index contributed by atoms with van der Waals surface area (Å²) >= 11 is 2.90. The number of carbonyl (C=O) groups excluding carboxylic acids is 1. The highest BCUT2D eigenvalue weighted by molar-refractivity contribution is 9.10. The van der Waals surface area contributed by atoms with Crippen LogP contribution in [0, 0.1) is 0 Å². The standard InChI is InChI=1S/C14H19BrF3N3O2/c1-13(2,3)23-12(22)20-6-4-9(5-7-20)21-8-10(15)11(19-21)14(16,17)18/h8-9H,4-7H2,1-3H3. The minimum Gasteiger partial charge on any atom is -0.444 e. The van der Waals surface area contributed by atoms with Crippen LogP contribution >= 0.6 is 15.9 Å². The molecule has 1 fully saturated rings. The summed E-state index contributed by atoms with van der Waals surface area (Å²) in [6, 6.07) is -0.166. The highest BCUT2D eigenvalue weighted by Gasteiger charge is 2.37. The highest BCUT2D eigenvalue weighted by Crippen LogP contribution is 2.35. The Kier molecular flexibility index (Phi) is 4.98. The van der Waals surface area contributed by atoms with Gasteiger partial charge in [0.15, 0.2) is 5.69 Å². The van der Waals surface area contributed by atoms with Gasteiger partial charge in [0, 0.05) is 19.3 Å². The van der Waals surface area contributed by atoms with Gasteiger partial charge in [0.05, 0.1) is 10.5 Å². The zero-order valence-corrected chi connectivity index (χ0v) is 14.7. The number of piperidine rings is 1. The lowest BCUT2D eigenvalue weighted by atomic mass is 10.1. The van der Waals surface area contributed by atoms with Gasteiger partial charge in [-0.3, -0.25) is 4.68 Å². The van der Waals surface area contributed by atoms with Gasteiger partial charge in [0.2, 0.25) is 0 Å². The SMILES string of the molecule is CC(C)(C)OC(=O)N1CCC(n2cc(Br)c(C(F)(F)F)n2)CC1. The highest BCUT2D eigenvalue weighted by atomic mass is 79.9. The molecule has 1 saturated heterocycles. The number of aromatic nitrogens is 2. The molecule has 0 saturated carbocycles. The Morgan fingerprint density at radius 1 is 1.30 bits per heavy atom. The first-order valence-corrected chi connectivity index (χ1v) is 8.06. The largest absolute Gasteiger partial charge is 0.444 e. The zero-order valence-electron chi connectivity index (χ0n) is 13.2. The van der Waals surface area contributed by atoms with Gasteiger partial charge in [-0.2, -0.15) is 18.3 Å². The van der Waals surface area contributed by atoms with Crippen molar-refractivity contribution in [2.24, 2.45) is 0 Å². The molecule has 9 heteroatoms. The van der Waals surface area contributed by atoms with Gasteiger partial charge < -0.3 is 9.64 Å². The summed E-state index contributed by atoms with van der Waals surface area (Å²) in [5.41, 5.74) is -1.49. The van der Waals surface area contributed by atoms with Crippen molar-refractivity contribution in [2.75, 3.05) is 13.1 Å². The van der Waals surface area contributed by atoms with Crippen molar-refractivity contribution < 1.29 is 22.7 Å². The third-order valence-corrected chi connectivity index (χ3v) is 4.03. The van der Waals surface area contributed by atoms with Crippen LogP contribution in [-0.2, 0) is 10.9 Å². The minimum atomic E-state index is -4.48. The van der Waals surface area contributed by atoms with Crippen LogP contribution in [0.1, 0.15) is 45.3 Å². The Balaban J connectivity index is 1.99. The van der Waals surface area contributed by atoms with Crippen LogP contribution in [0.3, 0.4) is 0 Å². The predicted molar refractivity (Wildman–Crippen MR) is 81.0 cm³/mol. The molecular weight excluding hydrogens is 379 g/mol. The molecule has 0 aliphatic carbocycles. The molecule has 2 heterocycles. The minimum absolute atomic E-state index is 0.0698. The lowest BCUT2D eigenvalue weighted by molar-refractivity contribution is -0.142. The Hall–Kier alpha value is -1.25. The first kappa shape index (κ1) is 18.1. The van der Waals surface area contributed by atoms with Gasteiger partial charge in [0.1, 0.15) is 5.60 Å². The van der Waals surface area contributed by atoms with Crippen molar-refractivity contribution in [1.82, 2.24) is 14.7 Å². The number of ether oxygens (including phenoxy) is 1. The molecule has 0 aromatic carbocycles. The molecular formula is C14H19BrF3N3O2. The molecule has 130 valence electrons. The van der Waals surface area contributed by atoms with Crippen molar-refractivity contribution in [2.45, 2.75) is 51.4 Å². The van der Waals surface area contributed by atoms with Crippen LogP contribution in [0.2, 0.25) is 0 Å². The molecule has 1 aliphatic heterocycles. The summed E-state index contributed by atoms with van der Waals surface area (Å²) in [6.45, 7) is 6.23. The second-order valence-corrected chi connectivity index (χ2v) is 7.36. The summed E-state index contributed by atoms with van der Waals surface area (Å²) in [7, 11) is 0. The van der Waals surface area contributed by atoms with Crippen molar-refractivity contribution in [1.29, 1.82) is 0 Å². The van der Waals surface area contributed by atoms with Crippen LogP contribution in [0.5, 0.6) is 0 Å². The monoisotopic (exact) mass is 397 g/mol. The predicted octanol–water partition coefficient (Wildman–Crippen LogP) is 4.24. The van der Waals surface area contributed by atoms with Gasteiger partial charge >= 0.3 is 12.3 Å². The number of amides is 1. The van der Waals surface area contributed by atoms with E-state index in [1.54, 1.807) is 25.7 Å². The summed E-state index contributed by atoms with van der Waals surface area (Å²) in [5.74, 6) is 0. The third-order valence-electron chi connectivity index (χ3n) is 3.45. The number of hydrogen-bond donors (Lipinski definition) is 0. The lowest BCUT2D eigenvalue weighted by Gasteiger charge is -2.33. The number of rotatable bonds is 1. The Labute approximate surface area is 140 Å². The van der Waals surface area contributed by atoms with Crippen LogP contribution in [-0.4, -0.2) is 39.5 Å². The number of nitrogens with zero attached hydrogens (tertiary/aromatic N) is 3. The summed E-state index contributed by atoms with van der Waals surface area (Å²) < 4.78 is 44.9. The van der Waals surface area contributed by atoms with Gasteiger partial charge in [-0.25, -0.2) is 4.79 Å². The molecule has 0 unspecified atom stereocenters. The third kappa shape index (κ3) is 4.62. The molecule has 0 atom stereocenters. The molecule has 1 aromatic heterocycles. The fourth-order valence-electron chi connectivity index (χ4n) is 2.39. The van der Waals surface area contributed by atoms with Crippen molar-refractivity contribution in [3.63, 3.8) is 0 Å². The van der Waals surface area contributed by atoms with Crippen molar-refractivity contribution in [3.05, 3.63) is 16.4 Å². The smallest absolute Gasteiger partial charge is 0.436 e. The van der Waals surface area contributed by atoms with E-state index >= 15 is 0 Å². The molecule has 0 N–H and O–H groups in total. The van der Waals surface area contributed by atoms with Crippen LogP contribution in [0.25, 0.3) is 0 Å². The van der Waals surface area contributed by atoms with Crippen molar-refractivity contribution in [3.8, 4) is 0 Å². The average Bonchev–Trinajstić information content (AvgIpc) is 2.79. The van der Waals surface area contributed by atoms with Crippen LogP contribution < -0.4 is 0 Å². The van der Waals surface area contributed by atoms with E-state index in [0.717, 1.165) is 0 Å². The molecule has 0 bridgehead atoms. The summed E-state index contributed by atoms with van der Waals surface area (Å²) in [5, 5.41) is 3.64. The van der Waals surface area contributed by atoms with Crippen molar-refractivity contribution >= 4 is 22.0 Å². The first-order valence-electron chi connectivity index (χ1n) is 7.27. The zero-order chi connectivity index (χ0) is 17.4. The maximum atomic E-state index is 12.8. The number of alkyl halides is 3. The molecule has 23 heavy (non-hydrogen) atoms. The first-order chi connectivity index (χ1) is 10.5. The van der Waals surface area contributed by atoms with Gasteiger partial charge in [-0.05, 0) is 49.5 Å². The fourth-order valence-corrected chi connectivity index (χ4v) is 2.90. The Morgan fingerprint density at radius 3 is 2.30 bits per heavy atom. The molecule has 1 aliphatic rings. The number of halogens is 4. The maximum Gasteiger partial charge on any atom is 0.436 e. The topological polar surface area (TPSA) is 47.4 Å². The van der Waals surface area contributed by atoms with Gasteiger partial charge in [0.25, 0.3) is 0 Å². The number of carbonyl (C=O) groups is 1. The Morgan fingerprint density at radius 2 is 1.87 bits per heavy atom. The van der Waals surface area contributed by atoms with Crippen LogP contribution in [0.4, 0.5) is 18.0 Å². The van der Waals surface area contributed by atoms with E-state index < -0.39 is 23.6 Å². The van der Waals surface area contributed by atoms with E-state index in [2.05, 4.69) is 21.0 Å². The second kappa shape index (κ2) is 6.33. The van der Waals surface area contributed by atoms with E-state index in [4.69, 9.17) is 4.74 Å². The van der Waals surface area contributed by atoms with E-state index in [-0.39, 0.29) is 10.5 Å². The number of likely N-dealkylation sites (tertiary alicyclic amines) is 1. The van der Waals surface area contributed by atoms with E-state index in [1.807, 2.05) is 0 Å². The molecule has 2 rings (SSSR count). The lowest BCUT2D eigenvalue weighted by Crippen LogP contribution is -2.42. The van der Waals surface area contributed by atoms with E-state index in [9.17, 15) is 18.0 Å². The van der Waals surface area contributed by atoms with Crippen LogP contribution in [0.15, 0.2) is 10.7 Å². The fraction of sp³-hybridized carbons (Fsp3) is 0.714. The summed E-state index contributed by atoms with van der Waals surface area (Å²) in [6.07, 6.45) is -2.47. The van der Waals surface area contributed by atoms with E-state index in [1.165, 1.54) is 10.9 Å².